The summed E-state index contributed by atoms with van der Waals surface area (Å²) in [6, 6.07) is 0. The molecule has 0 nitrogen and oxygen atoms in total. The minimum atomic E-state index is -3.05. The van der Waals surface area contributed by atoms with Gasteiger partial charge in [-0.2, -0.15) is 0 Å². The van der Waals surface area contributed by atoms with Crippen LogP contribution in [-0.4, -0.2) is 6.88 Å². The van der Waals surface area contributed by atoms with Gasteiger partial charge in [-0.3, -0.25) is 0 Å². The van der Waals surface area contributed by atoms with E-state index in [1.165, 1.54) is 24.0 Å². The van der Waals surface area contributed by atoms with Gasteiger partial charge in [0.25, 0.3) is 0 Å². The molecule has 0 fully saturated rings. The Morgan fingerprint density at radius 3 is 1.36 bits per heavy atom. The van der Waals surface area contributed by atoms with Gasteiger partial charge in [-0.05, 0) is 0 Å². The molecule has 0 saturated heterocycles. The number of allylic oxidation sites excluding steroid dienone is 8. The molecule has 0 aromatic heterocycles. The second kappa shape index (κ2) is 7.26. The first-order valence-electron chi connectivity index (χ1n) is 7.90. The first-order valence-corrected chi connectivity index (χ1v) is 20.2. The van der Waals surface area contributed by atoms with Crippen molar-refractivity contribution >= 4 is 31.7 Å². The predicted molar refractivity (Wildman–Crippen MR) is 106 cm³/mol. The Morgan fingerprint density at radius 1 is 0.864 bits per heavy atom. The van der Waals surface area contributed by atoms with Crippen LogP contribution in [0.2, 0.25) is 8.26 Å². The van der Waals surface area contributed by atoms with Gasteiger partial charge in [0, 0.05) is 0 Å². The molecule has 2 aliphatic rings. The number of hydrogen-bond acceptors (Lipinski definition) is 0. The quantitative estimate of drug-likeness (QED) is 0.461. The van der Waals surface area contributed by atoms with Gasteiger partial charge in [-0.15, -0.1) is 24.8 Å². The zero-order valence-corrected chi connectivity index (χ0v) is 20.7. The van der Waals surface area contributed by atoms with E-state index in [9.17, 15) is 0 Å². The average molecular weight is 439 g/mol. The molecule has 0 aromatic rings. The van der Waals surface area contributed by atoms with Crippen LogP contribution < -0.4 is 0 Å². The summed E-state index contributed by atoms with van der Waals surface area (Å²) in [6.45, 7) is 16.7. The Balaban J connectivity index is 0.00000220. The monoisotopic (exact) mass is 436 g/mol. The van der Waals surface area contributed by atoms with Crippen LogP contribution in [0.25, 0.3) is 0 Å². The molecule has 0 saturated carbocycles. The molecule has 0 radical (unpaired) electrons. The van der Waals surface area contributed by atoms with E-state index in [-0.39, 0.29) is 24.8 Å². The summed E-state index contributed by atoms with van der Waals surface area (Å²) in [5.41, 5.74) is 6.28. The second-order valence-electron chi connectivity index (χ2n) is 7.66. The maximum absolute atomic E-state index is 3.05. The van der Waals surface area contributed by atoms with Crippen molar-refractivity contribution < 1.29 is 17.4 Å². The van der Waals surface area contributed by atoms with E-state index in [1.807, 2.05) is 6.56 Å². The fourth-order valence-corrected chi connectivity index (χ4v) is 22.7. The first-order chi connectivity index (χ1) is 9.10. The molecule has 2 aliphatic carbocycles. The molecule has 0 aliphatic heterocycles. The zero-order valence-electron chi connectivity index (χ0n) is 15.2. The molecule has 0 bridgehead atoms. The van der Waals surface area contributed by atoms with Gasteiger partial charge >= 0.3 is 128 Å². The van der Waals surface area contributed by atoms with Gasteiger partial charge in [0.2, 0.25) is 0 Å². The molecule has 126 valence electrons. The minimum absolute atomic E-state index is 0. The van der Waals surface area contributed by atoms with Crippen LogP contribution in [0.15, 0.2) is 41.0 Å². The minimum Gasteiger partial charge on any atom is -0.147 e. The maximum Gasteiger partial charge on any atom is -0.147 e. The van der Waals surface area contributed by atoms with Gasteiger partial charge in [0.1, 0.15) is 0 Å². The SMILES string of the molecule is CC1=CC[C]([Zr]([CH3])(=[SiH2])([C]2=C(C)C(C)=CC2)[CH](C)C)=C1C.Cl.Cl. The van der Waals surface area contributed by atoms with E-state index in [1.54, 1.807) is 11.1 Å². The molecule has 0 amide bonds. The normalized spacial score (nSPS) is 19.1. The number of halogens is 2. The number of hydrogen-bond donors (Lipinski definition) is 0. The third kappa shape index (κ3) is 3.10. The maximum atomic E-state index is 2.71. The predicted octanol–water partition coefficient (Wildman–Crippen LogP) is 6.19. The van der Waals surface area contributed by atoms with Crippen LogP contribution in [0.3, 0.4) is 0 Å². The van der Waals surface area contributed by atoms with Crippen LogP contribution in [0.1, 0.15) is 54.4 Å². The third-order valence-electron chi connectivity index (χ3n) is 6.56. The zero-order chi connectivity index (χ0) is 15.3. The van der Waals surface area contributed by atoms with Crippen molar-refractivity contribution in [3.63, 3.8) is 0 Å². The Bertz CT molecular complexity index is 615. The van der Waals surface area contributed by atoms with Crippen LogP contribution in [-0.2, 0) is 17.4 Å². The standard InChI is InChI=1S/2C7H9.C3H7.CH3.2ClH.H2Si.Zr/c2*1-6-4-3-5-7(6)2;1-3-2;;;;;/h2*4H,3H2,1-2H3;3H,1-2H3;1H3;2*1H;1H2;. The molecule has 22 heavy (non-hydrogen) atoms. The van der Waals surface area contributed by atoms with Crippen molar-refractivity contribution in [3.05, 3.63) is 41.0 Å². The molecule has 4 heteroatoms. The van der Waals surface area contributed by atoms with E-state index in [4.69, 9.17) is 0 Å². The van der Waals surface area contributed by atoms with Gasteiger partial charge in [-0.25, -0.2) is 0 Å². The fraction of sp³-hybridized carbons (Fsp3) is 0.556. The smallest absolute Gasteiger partial charge is 0.147 e. The summed E-state index contributed by atoms with van der Waals surface area (Å²) < 4.78 is 7.23. The van der Waals surface area contributed by atoms with E-state index in [0.717, 1.165) is 3.63 Å². The van der Waals surface area contributed by atoms with E-state index in [2.05, 4.69) is 65.2 Å². The van der Waals surface area contributed by atoms with Crippen LogP contribution >= 0.6 is 24.8 Å². The molecule has 0 heterocycles. The molecule has 0 unspecified atom stereocenters. The molecule has 0 N–H and O–H groups in total. The van der Waals surface area contributed by atoms with E-state index < -0.39 is 17.4 Å². The van der Waals surface area contributed by atoms with Crippen molar-refractivity contribution in [1.29, 1.82) is 0 Å². The fourth-order valence-electron chi connectivity index (χ4n) is 4.09. The van der Waals surface area contributed by atoms with E-state index >= 15 is 0 Å². The average Bonchev–Trinajstić information content (AvgIpc) is 2.86. The Morgan fingerprint density at radius 2 is 1.18 bits per heavy atom. The summed E-state index contributed by atoms with van der Waals surface area (Å²) in [5, 5.41) is 0. The molecular weight excluding hydrogens is 406 g/mol. The van der Waals surface area contributed by atoms with Crippen LogP contribution in [0.5, 0.6) is 0 Å². The van der Waals surface area contributed by atoms with Crippen molar-refractivity contribution in [3.8, 4) is 0 Å². The van der Waals surface area contributed by atoms with Crippen molar-refractivity contribution in [1.82, 2.24) is 0 Å². The summed E-state index contributed by atoms with van der Waals surface area (Å²) in [4.78, 5) is 0. The molecular formula is C18H32Cl2SiZr. The summed E-state index contributed by atoms with van der Waals surface area (Å²) in [6.07, 6.45) is 7.36. The van der Waals surface area contributed by atoms with Gasteiger partial charge in [0.05, 0.1) is 0 Å². The van der Waals surface area contributed by atoms with Gasteiger partial charge in [0.15, 0.2) is 0 Å². The topological polar surface area (TPSA) is 0 Å². The van der Waals surface area contributed by atoms with Crippen LogP contribution in [0.4, 0.5) is 0 Å². The Hall–Kier alpha value is 0.640. The van der Waals surface area contributed by atoms with Crippen molar-refractivity contribution in [2.45, 2.75) is 62.6 Å². The van der Waals surface area contributed by atoms with Crippen molar-refractivity contribution in [2.24, 2.45) is 0 Å². The Labute approximate surface area is 151 Å². The van der Waals surface area contributed by atoms with Gasteiger partial charge in [-0.1, -0.05) is 0 Å². The van der Waals surface area contributed by atoms with Crippen LogP contribution in [0, 0.1) is 0 Å². The summed E-state index contributed by atoms with van der Waals surface area (Å²) >= 11 is -3.05. The molecule has 0 spiro atoms. The molecule has 0 aromatic carbocycles. The largest absolute Gasteiger partial charge is 0.147 e. The second-order valence-corrected chi connectivity index (χ2v) is 34.6. The molecule has 2 rings (SSSR count). The summed E-state index contributed by atoms with van der Waals surface area (Å²) in [7, 11) is 0. The Kier molecular flexibility index (Phi) is 7.47. The first kappa shape index (κ1) is 22.6. The van der Waals surface area contributed by atoms with Crippen molar-refractivity contribution in [2.75, 3.05) is 0 Å². The summed E-state index contributed by atoms with van der Waals surface area (Å²) in [5.74, 6) is 0. The third-order valence-corrected chi connectivity index (χ3v) is 35.2. The van der Waals surface area contributed by atoms with E-state index in [0.29, 0.717) is 0 Å². The molecule has 0 atom stereocenters. The van der Waals surface area contributed by atoms with Gasteiger partial charge < -0.3 is 0 Å². The number of rotatable bonds is 3.